The first kappa shape index (κ1) is 33.4. The summed E-state index contributed by atoms with van der Waals surface area (Å²) < 4.78 is 0. The van der Waals surface area contributed by atoms with E-state index in [1.807, 2.05) is 31.7 Å². The normalized spacial score (nSPS) is 18.9. The molecule has 1 unspecified atom stereocenters. The molecule has 0 saturated heterocycles. The Hall–Kier alpha value is -2.84. The molecule has 2 aliphatic carbocycles. The van der Waals surface area contributed by atoms with Crippen molar-refractivity contribution < 1.29 is 0 Å². The summed E-state index contributed by atoms with van der Waals surface area (Å²) in [5.74, 6) is 1.31. The third kappa shape index (κ3) is 10.3. The lowest BCUT2D eigenvalue weighted by atomic mass is 9.75. The molecular formula is C38H51NS. The van der Waals surface area contributed by atoms with Crippen LogP contribution >= 0.6 is 11.8 Å². The van der Waals surface area contributed by atoms with Crippen molar-refractivity contribution in [1.82, 2.24) is 0 Å². The van der Waals surface area contributed by atoms with Gasteiger partial charge < -0.3 is 5.41 Å². The van der Waals surface area contributed by atoms with Gasteiger partial charge in [0.1, 0.15) is 0 Å². The van der Waals surface area contributed by atoms with Gasteiger partial charge in [0, 0.05) is 17.0 Å². The number of nitrogens with one attached hydrogen (secondary N) is 1. The van der Waals surface area contributed by atoms with Crippen LogP contribution < -0.4 is 0 Å². The molecule has 0 spiro atoms. The summed E-state index contributed by atoms with van der Waals surface area (Å²) in [6, 6.07) is 19.5. The van der Waals surface area contributed by atoms with E-state index < -0.39 is 0 Å². The van der Waals surface area contributed by atoms with Crippen LogP contribution in [0.2, 0.25) is 0 Å². The maximum Gasteiger partial charge on any atom is 0.0403 e. The summed E-state index contributed by atoms with van der Waals surface area (Å²) in [6.07, 6.45) is 16.7. The summed E-state index contributed by atoms with van der Waals surface area (Å²) in [4.78, 5) is 1.25. The van der Waals surface area contributed by atoms with Gasteiger partial charge in [-0.05, 0) is 91.0 Å². The van der Waals surface area contributed by atoms with E-state index >= 15 is 0 Å². The van der Waals surface area contributed by atoms with E-state index in [2.05, 4.69) is 107 Å². The standard InChI is InChI=1S/C27H31NS.C9H14.C2H6/c1-5-19(3)25-16-24(23-14-12-21(6-2)13-15-23)17-26(28)27(25)20(4)29-18-22-10-8-7-9-11-22;1-2-6-9-7-4-3-5-8-9;1-2/h5,7-15,24,28H,1,6,16-18H2,2-4H3;4,7-8H,2-3,5-6H2,1H3;1-2H3/b25-19+,27-20-,28-26?;;. The maximum atomic E-state index is 8.88. The second-order valence-electron chi connectivity index (χ2n) is 10.3. The lowest BCUT2D eigenvalue weighted by Crippen LogP contribution is -2.20. The Balaban J connectivity index is 0.000000428. The van der Waals surface area contributed by atoms with Crippen LogP contribution in [0.4, 0.5) is 0 Å². The average molecular weight is 554 g/mol. The number of rotatable bonds is 8. The van der Waals surface area contributed by atoms with Crippen molar-refractivity contribution in [3.8, 4) is 0 Å². The van der Waals surface area contributed by atoms with E-state index in [-0.39, 0.29) is 0 Å². The van der Waals surface area contributed by atoms with Gasteiger partial charge in [-0.25, -0.2) is 0 Å². The first-order chi connectivity index (χ1) is 19.5. The predicted molar refractivity (Wildman–Crippen MR) is 182 cm³/mol. The van der Waals surface area contributed by atoms with Crippen molar-refractivity contribution >= 4 is 17.5 Å². The predicted octanol–water partition coefficient (Wildman–Crippen LogP) is 11.9. The fraction of sp³-hybridized carbons (Fsp3) is 0.395. The molecule has 2 aromatic carbocycles. The van der Waals surface area contributed by atoms with Gasteiger partial charge in [-0.3, -0.25) is 0 Å². The van der Waals surface area contributed by atoms with Gasteiger partial charge >= 0.3 is 0 Å². The van der Waals surface area contributed by atoms with Crippen LogP contribution in [0.15, 0.2) is 113 Å². The SMILES string of the molecule is C=C/C(C)=C1\CC(c2ccc(CC)cc2)CC(=N)\C1=C(\C)SCc1ccccc1.CC.CCCC1=CCCC=C1. The second kappa shape index (κ2) is 18.5. The summed E-state index contributed by atoms with van der Waals surface area (Å²) in [5, 5.41) is 8.88. The first-order valence-electron chi connectivity index (χ1n) is 15.2. The van der Waals surface area contributed by atoms with Crippen LogP contribution in [0, 0.1) is 5.41 Å². The fourth-order valence-corrected chi connectivity index (χ4v) is 6.06. The molecule has 1 N–H and O–H groups in total. The largest absolute Gasteiger partial charge is 0.305 e. The van der Waals surface area contributed by atoms with Gasteiger partial charge in [0.25, 0.3) is 0 Å². The van der Waals surface area contributed by atoms with E-state index in [4.69, 9.17) is 5.41 Å². The van der Waals surface area contributed by atoms with Crippen LogP contribution in [-0.4, -0.2) is 5.71 Å². The molecule has 1 atom stereocenters. The molecule has 0 bridgehead atoms. The molecule has 0 radical (unpaired) electrons. The Morgan fingerprint density at radius 2 is 1.65 bits per heavy atom. The van der Waals surface area contributed by atoms with Crippen LogP contribution in [0.3, 0.4) is 0 Å². The Labute approximate surface area is 249 Å². The average Bonchev–Trinajstić information content (AvgIpc) is 3.01. The monoisotopic (exact) mass is 553 g/mol. The van der Waals surface area contributed by atoms with Gasteiger partial charge in [-0.2, -0.15) is 0 Å². The number of aryl methyl sites for hydroxylation is 1. The molecule has 4 rings (SSSR count). The highest BCUT2D eigenvalue weighted by molar-refractivity contribution is 8.02. The van der Waals surface area contributed by atoms with E-state index in [9.17, 15) is 0 Å². The maximum absolute atomic E-state index is 8.88. The number of allylic oxidation sites excluding steroid dienone is 9. The van der Waals surface area contributed by atoms with Gasteiger partial charge in [-0.1, -0.05) is 125 Å². The Morgan fingerprint density at radius 3 is 2.23 bits per heavy atom. The van der Waals surface area contributed by atoms with Crippen LogP contribution in [0.1, 0.15) is 103 Å². The Bertz CT molecular complexity index is 1190. The van der Waals surface area contributed by atoms with Crippen LogP contribution in [0.25, 0.3) is 0 Å². The van der Waals surface area contributed by atoms with E-state index in [0.29, 0.717) is 5.92 Å². The molecule has 0 amide bonds. The molecular weight excluding hydrogens is 502 g/mol. The number of hydrogen-bond donors (Lipinski definition) is 1. The van der Waals surface area contributed by atoms with Crippen molar-refractivity contribution in [3.05, 3.63) is 129 Å². The molecule has 214 valence electrons. The first-order valence-corrected chi connectivity index (χ1v) is 16.2. The van der Waals surface area contributed by atoms with E-state index in [1.54, 1.807) is 0 Å². The summed E-state index contributed by atoms with van der Waals surface area (Å²) in [7, 11) is 0. The summed E-state index contributed by atoms with van der Waals surface area (Å²) in [6.45, 7) is 16.7. The zero-order valence-electron chi connectivity index (χ0n) is 25.9. The minimum atomic E-state index is 0.369. The van der Waals surface area contributed by atoms with E-state index in [1.165, 1.54) is 64.0 Å². The number of hydrogen-bond acceptors (Lipinski definition) is 2. The molecule has 1 fully saturated rings. The quantitative estimate of drug-likeness (QED) is 0.345. The van der Waals surface area contributed by atoms with Crippen molar-refractivity contribution in [2.24, 2.45) is 0 Å². The third-order valence-corrected chi connectivity index (χ3v) is 8.52. The highest BCUT2D eigenvalue weighted by Gasteiger charge is 2.28. The minimum absolute atomic E-state index is 0.369. The molecule has 1 nitrogen and oxygen atoms in total. The van der Waals surface area contributed by atoms with Gasteiger partial charge in [0.2, 0.25) is 0 Å². The molecule has 2 heteroatoms. The second-order valence-corrected chi connectivity index (χ2v) is 11.4. The molecule has 0 aromatic heterocycles. The van der Waals surface area contributed by atoms with Crippen molar-refractivity contribution in [1.29, 1.82) is 5.41 Å². The van der Waals surface area contributed by atoms with Gasteiger partial charge in [0.15, 0.2) is 0 Å². The topological polar surface area (TPSA) is 23.9 Å². The highest BCUT2D eigenvalue weighted by Crippen LogP contribution is 2.42. The molecule has 2 aliphatic rings. The lowest BCUT2D eigenvalue weighted by molar-refractivity contribution is 0.688. The highest BCUT2D eigenvalue weighted by atomic mass is 32.2. The van der Waals surface area contributed by atoms with Crippen molar-refractivity contribution in [2.75, 3.05) is 0 Å². The molecule has 1 saturated carbocycles. The molecule has 40 heavy (non-hydrogen) atoms. The number of thioether (sulfide) groups is 1. The summed E-state index contributed by atoms with van der Waals surface area (Å²) >= 11 is 1.84. The van der Waals surface area contributed by atoms with Gasteiger partial charge in [0.05, 0.1) is 0 Å². The van der Waals surface area contributed by atoms with Crippen molar-refractivity contribution in [3.63, 3.8) is 0 Å². The van der Waals surface area contributed by atoms with Crippen LogP contribution in [0.5, 0.6) is 0 Å². The van der Waals surface area contributed by atoms with Crippen molar-refractivity contribution in [2.45, 2.75) is 98.2 Å². The number of benzene rings is 2. The Morgan fingerprint density at radius 1 is 0.950 bits per heavy atom. The lowest BCUT2D eigenvalue weighted by Gasteiger charge is -2.30. The molecule has 2 aromatic rings. The smallest absolute Gasteiger partial charge is 0.0403 e. The van der Waals surface area contributed by atoms with Crippen LogP contribution in [-0.2, 0) is 12.2 Å². The van der Waals surface area contributed by atoms with Gasteiger partial charge in [-0.15, -0.1) is 11.8 Å². The Kier molecular flexibility index (Phi) is 15.4. The zero-order valence-corrected chi connectivity index (χ0v) is 26.7. The molecule has 0 aliphatic heterocycles. The summed E-state index contributed by atoms with van der Waals surface area (Å²) in [5.41, 5.74) is 9.95. The molecule has 0 heterocycles. The zero-order chi connectivity index (χ0) is 29.3. The fourth-order valence-electron chi connectivity index (χ4n) is 5.10. The third-order valence-electron chi connectivity index (χ3n) is 7.41. The minimum Gasteiger partial charge on any atom is -0.305 e. The van der Waals surface area contributed by atoms with E-state index in [0.717, 1.165) is 36.3 Å².